The van der Waals surface area contributed by atoms with E-state index >= 15 is 0 Å². The SMILES string of the molecule is Nc1nc(-c2ccc(Cl)cc2)cc(-c2ccco2)n1. The molecule has 0 saturated carbocycles. The normalized spacial score (nSPS) is 10.6. The second-order valence-electron chi connectivity index (χ2n) is 3.98. The lowest BCUT2D eigenvalue weighted by Crippen LogP contribution is -1.98. The van der Waals surface area contributed by atoms with Gasteiger partial charge in [0.25, 0.3) is 0 Å². The van der Waals surface area contributed by atoms with E-state index in [-0.39, 0.29) is 5.95 Å². The maximum absolute atomic E-state index is 5.87. The minimum Gasteiger partial charge on any atom is -0.463 e. The van der Waals surface area contributed by atoms with Gasteiger partial charge in [-0.1, -0.05) is 23.7 Å². The molecule has 0 aliphatic carbocycles. The van der Waals surface area contributed by atoms with Gasteiger partial charge in [-0.05, 0) is 30.3 Å². The van der Waals surface area contributed by atoms with Crippen LogP contribution < -0.4 is 5.73 Å². The fourth-order valence-corrected chi connectivity index (χ4v) is 1.91. The lowest BCUT2D eigenvalue weighted by atomic mass is 10.1. The first-order valence-electron chi connectivity index (χ1n) is 5.67. The molecule has 0 atom stereocenters. The molecule has 0 radical (unpaired) electrons. The van der Waals surface area contributed by atoms with Crippen LogP contribution in [0.25, 0.3) is 22.7 Å². The van der Waals surface area contributed by atoms with Gasteiger partial charge in [-0.3, -0.25) is 0 Å². The maximum Gasteiger partial charge on any atom is 0.221 e. The minimum absolute atomic E-state index is 0.207. The highest BCUT2D eigenvalue weighted by Crippen LogP contribution is 2.25. The molecule has 0 bridgehead atoms. The number of anilines is 1. The van der Waals surface area contributed by atoms with E-state index in [9.17, 15) is 0 Å². The van der Waals surface area contributed by atoms with Gasteiger partial charge in [-0.15, -0.1) is 0 Å². The molecule has 2 N–H and O–H groups in total. The molecule has 0 amide bonds. The number of nitrogens with two attached hydrogens (primary N) is 1. The van der Waals surface area contributed by atoms with Crippen molar-refractivity contribution in [2.24, 2.45) is 0 Å². The van der Waals surface area contributed by atoms with Crippen molar-refractivity contribution >= 4 is 17.5 Å². The van der Waals surface area contributed by atoms with Gasteiger partial charge in [0, 0.05) is 10.6 Å². The van der Waals surface area contributed by atoms with Gasteiger partial charge in [0.1, 0.15) is 5.69 Å². The zero-order valence-corrected chi connectivity index (χ0v) is 10.6. The number of hydrogen-bond donors (Lipinski definition) is 1. The van der Waals surface area contributed by atoms with Crippen molar-refractivity contribution in [2.45, 2.75) is 0 Å². The smallest absolute Gasteiger partial charge is 0.221 e. The summed E-state index contributed by atoms with van der Waals surface area (Å²) in [6, 6.07) is 12.8. The standard InChI is InChI=1S/C14H10ClN3O/c15-10-5-3-9(4-6-10)11-8-12(18-14(16)17-11)13-2-1-7-19-13/h1-8H,(H2,16,17,18). The summed E-state index contributed by atoms with van der Waals surface area (Å²) in [5.74, 6) is 0.864. The summed E-state index contributed by atoms with van der Waals surface area (Å²) in [5, 5.41) is 0.678. The number of furan rings is 1. The molecule has 0 unspecified atom stereocenters. The average Bonchev–Trinajstić information content (AvgIpc) is 2.93. The van der Waals surface area contributed by atoms with Gasteiger partial charge in [-0.2, -0.15) is 0 Å². The molecule has 94 valence electrons. The molecule has 0 aliphatic rings. The molecule has 0 saturated heterocycles. The summed E-state index contributed by atoms with van der Waals surface area (Å²) >= 11 is 5.87. The molecule has 3 rings (SSSR count). The predicted octanol–water partition coefficient (Wildman–Crippen LogP) is 3.64. The van der Waals surface area contributed by atoms with Crippen molar-refractivity contribution < 1.29 is 4.42 Å². The van der Waals surface area contributed by atoms with E-state index in [2.05, 4.69) is 9.97 Å². The number of nitrogens with zero attached hydrogens (tertiary/aromatic N) is 2. The van der Waals surface area contributed by atoms with Crippen molar-refractivity contribution in [3.8, 4) is 22.7 Å². The summed E-state index contributed by atoms with van der Waals surface area (Å²) < 4.78 is 5.32. The van der Waals surface area contributed by atoms with E-state index < -0.39 is 0 Å². The van der Waals surface area contributed by atoms with Crippen molar-refractivity contribution in [1.29, 1.82) is 0 Å². The highest BCUT2D eigenvalue weighted by molar-refractivity contribution is 6.30. The quantitative estimate of drug-likeness (QED) is 0.773. The molecular formula is C14H10ClN3O. The third-order valence-electron chi connectivity index (χ3n) is 2.66. The lowest BCUT2D eigenvalue weighted by Gasteiger charge is -2.04. The maximum atomic E-state index is 5.87. The van der Waals surface area contributed by atoms with Gasteiger partial charge in [0.05, 0.1) is 12.0 Å². The number of rotatable bonds is 2. The highest BCUT2D eigenvalue weighted by Gasteiger charge is 2.08. The Morgan fingerprint density at radius 3 is 2.42 bits per heavy atom. The van der Waals surface area contributed by atoms with Crippen LogP contribution in [0.1, 0.15) is 0 Å². The first kappa shape index (κ1) is 11.7. The van der Waals surface area contributed by atoms with Gasteiger partial charge >= 0.3 is 0 Å². The molecule has 3 aromatic rings. The Kier molecular flexibility index (Phi) is 2.93. The molecule has 0 spiro atoms. The Morgan fingerprint density at radius 2 is 1.74 bits per heavy atom. The molecule has 0 fully saturated rings. The van der Waals surface area contributed by atoms with Crippen LogP contribution >= 0.6 is 11.6 Å². The first-order valence-corrected chi connectivity index (χ1v) is 6.04. The molecule has 19 heavy (non-hydrogen) atoms. The van der Waals surface area contributed by atoms with Gasteiger partial charge in [0.2, 0.25) is 5.95 Å². The van der Waals surface area contributed by atoms with Crippen molar-refractivity contribution in [2.75, 3.05) is 5.73 Å². The predicted molar refractivity (Wildman–Crippen MR) is 74.6 cm³/mol. The van der Waals surface area contributed by atoms with Gasteiger partial charge in [0.15, 0.2) is 5.76 Å². The molecule has 2 aromatic heterocycles. The second kappa shape index (κ2) is 4.74. The number of nitrogen functional groups attached to an aromatic ring is 1. The third kappa shape index (κ3) is 2.44. The van der Waals surface area contributed by atoms with E-state index in [1.54, 1.807) is 12.3 Å². The van der Waals surface area contributed by atoms with Crippen LogP contribution in [0.15, 0.2) is 53.1 Å². The lowest BCUT2D eigenvalue weighted by molar-refractivity contribution is 0.580. The van der Waals surface area contributed by atoms with Crippen LogP contribution in [0.4, 0.5) is 5.95 Å². The Morgan fingerprint density at radius 1 is 1.00 bits per heavy atom. The average molecular weight is 272 g/mol. The summed E-state index contributed by atoms with van der Waals surface area (Å²) in [5.41, 5.74) is 8.05. The first-order chi connectivity index (χ1) is 9.22. The van der Waals surface area contributed by atoms with E-state index in [0.717, 1.165) is 11.3 Å². The van der Waals surface area contributed by atoms with E-state index in [1.165, 1.54) is 0 Å². The Bertz CT molecular complexity index is 693. The van der Waals surface area contributed by atoms with Crippen molar-refractivity contribution in [3.63, 3.8) is 0 Å². The summed E-state index contributed by atoms with van der Waals surface area (Å²) in [6.45, 7) is 0. The Hall–Kier alpha value is -2.33. The zero-order chi connectivity index (χ0) is 13.2. The molecule has 0 aliphatic heterocycles. The van der Waals surface area contributed by atoms with E-state index in [1.807, 2.05) is 36.4 Å². The largest absolute Gasteiger partial charge is 0.463 e. The summed E-state index contributed by atoms with van der Waals surface area (Å²) in [6.07, 6.45) is 1.59. The van der Waals surface area contributed by atoms with Crippen LogP contribution in [0, 0.1) is 0 Å². The van der Waals surface area contributed by atoms with Crippen LogP contribution in [-0.4, -0.2) is 9.97 Å². The molecular weight excluding hydrogens is 262 g/mol. The Balaban J connectivity index is 2.10. The zero-order valence-electron chi connectivity index (χ0n) is 9.88. The van der Waals surface area contributed by atoms with Crippen molar-refractivity contribution in [3.05, 3.63) is 53.8 Å². The summed E-state index contributed by atoms with van der Waals surface area (Å²) in [7, 11) is 0. The third-order valence-corrected chi connectivity index (χ3v) is 2.91. The van der Waals surface area contributed by atoms with Crippen molar-refractivity contribution in [1.82, 2.24) is 9.97 Å². The van der Waals surface area contributed by atoms with Crippen LogP contribution in [0.3, 0.4) is 0 Å². The fourth-order valence-electron chi connectivity index (χ4n) is 1.78. The molecule has 5 heteroatoms. The van der Waals surface area contributed by atoms with E-state index in [4.69, 9.17) is 21.8 Å². The number of halogens is 1. The van der Waals surface area contributed by atoms with Crippen LogP contribution in [0.5, 0.6) is 0 Å². The molecule has 2 heterocycles. The van der Waals surface area contributed by atoms with Crippen LogP contribution in [-0.2, 0) is 0 Å². The van der Waals surface area contributed by atoms with Gasteiger partial charge in [-0.25, -0.2) is 9.97 Å². The number of hydrogen-bond acceptors (Lipinski definition) is 4. The summed E-state index contributed by atoms with van der Waals surface area (Å²) in [4.78, 5) is 8.39. The van der Waals surface area contributed by atoms with Crippen LogP contribution in [0.2, 0.25) is 5.02 Å². The number of benzene rings is 1. The van der Waals surface area contributed by atoms with Gasteiger partial charge < -0.3 is 10.2 Å². The molecule has 1 aromatic carbocycles. The molecule has 4 nitrogen and oxygen atoms in total. The second-order valence-corrected chi connectivity index (χ2v) is 4.42. The Labute approximate surface area is 114 Å². The fraction of sp³-hybridized carbons (Fsp3) is 0. The topological polar surface area (TPSA) is 64.9 Å². The van der Waals surface area contributed by atoms with E-state index in [0.29, 0.717) is 16.5 Å². The number of aromatic nitrogens is 2. The monoisotopic (exact) mass is 271 g/mol. The highest BCUT2D eigenvalue weighted by atomic mass is 35.5. The minimum atomic E-state index is 0.207.